The number of rotatable bonds is 9. The average molecular weight is 268 g/mol. The summed E-state index contributed by atoms with van der Waals surface area (Å²) < 4.78 is 17.8. The van der Waals surface area contributed by atoms with E-state index >= 15 is 0 Å². The number of ether oxygens (including phenoxy) is 1. The molecule has 0 atom stereocenters. The maximum atomic E-state index is 12.7. The van der Waals surface area contributed by atoms with Crippen LogP contribution in [0.5, 0.6) is 0 Å². The predicted molar refractivity (Wildman–Crippen MR) is 72.2 cm³/mol. The Labute approximate surface area is 113 Å². The van der Waals surface area contributed by atoms with Gasteiger partial charge in [-0.2, -0.15) is 0 Å². The van der Waals surface area contributed by atoms with Crippen molar-refractivity contribution < 1.29 is 13.9 Å². The second-order valence-corrected chi connectivity index (χ2v) is 4.13. The molecule has 0 heterocycles. The van der Waals surface area contributed by atoms with Crippen LogP contribution in [0, 0.1) is 5.82 Å². The highest BCUT2D eigenvalue weighted by atomic mass is 19.1. The third-order valence-electron chi connectivity index (χ3n) is 2.52. The van der Waals surface area contributed by atoms with Crippen LogP contribution in [0.4, 0.5) is 4.39 Å². The lowest BCUT2D eigenvalue weighted by atomic mass is 10.2. The molecule has 0 aliphatic heterocycles. The first-order valence-electron chi connectivity index (χ1n) is 6.52. The fourth-order valence-corrected chi connectivity index (χ4v) is 1.53. The molecule has 0 fully saturated rings. The van der Waals surface area contributed by atoms with Gasteiger partial charge >= 0.3 is 0 Å². The van der Waals surface area contributed by atoms with E-state index in [0.717, 1.165) is 12.0 Å². The monoisotopic (exact) mass is 268 g/mol. The lowest BCUT2D eigenvalue weighted by Crippen LogP contribution is -2.34. The maximum absolute atomic E-state index is 12.7. The predicted octanol–water partition coefficient (Wildman–Crippen LogP) is 1.46. The van der Waals surface area contributed by atoms with E-state index in [2.05, 4.69) is 10.6 Å². The Morgan fingerprint density at radius 1 is 1.32 bits per heavy atom. The van der Waals surface area contributed by atoms with Crippen LogP contribution in [0.25, 0.3) is 0 Å². The molecule has 0 radical (unpaired) electrons. The number of nitrogens with one attached hydrogen (secondary N) is 2. The zero-order chi connectivity index (χ0) is 13.9. The van der Waals surface area contributed by atoms with Gasteiger partial charge in [0.1, 0.15) is 5.82 Å². The third-order valence-corrected chi connectivity index (χ3v) is 2.52. The van der Waals surface area contributed by atoms with Crippen LogP contribution in [0.3, 0.4) is 0 Å². The van der Waals surface area contributed by atoms with Crippen molar-refractivity contribution in [2.45, 2.75) is 19.9 Å². The summed E-state index contributed by atoms with van der Waals surface area (Å²) in [4.78, 5) is 11.4. The van der Waals surface area contributed by atoms with Crippen molar-refractivity contribution in [2.75, 3.05) is 26.3 Å². The molecule has 0 saturated heterocycles. The van der Waals surface area contributed by atoms with Crippen LogP contribution in [0.2, 0.25) is 0 Å². The van der Waals surface area contributed by atoms with E-state index in [1.165, 1.54) is 12.1 Å². The number of hydrogen-bond acceptors (Lipinski definition) is 3. The van der Waals surface area contributed by atoms with Crippen LogP contribution in [0.15, 0.2) is 24.3 Å². The summed E-state index contributed by atoms with van der Waals surface area (Å²) in [5.74, 6) is -0.297. The number of carbonyl (C=O) groups is 1. The second kappa shape index (κ2) is 9.47. The van der Waals surface area contributed by atoms with Crippen molar-refractivity contribution in [3.05, 3.63) is 35.6 Å². The topological polar surface area (TPSA) is 50.4 Å². The van der Waals surface area contributed by atoms with Crippen LogP contribution >= 0.6 is 0 Å². The van der Waals surface area contributed by atoms with Gasteiger partial charge in [-0.05, 0) is 31.0 Å². The van der Waals surface area contributed by atoms with E-state index in [1.54, 1.807) is 12.1 Å². The molecule has 0 aliphatic rings. The summed E-state index contributed by atoms with van der Waals surface area (Å²) in [5.41, 5.74) is 0.950. The Balaban J connectivity index is 2.05. The molecule has 0 aromatic heterocycles. The summed E-state index contributed by atoms with van der Waals surface area (Å²) >= 11 is 0. The van der Waals surface area contributed by atoms with Crippen LogP contribution < -0.4 is 10.6 Å². The zero-order valence-corrected chi connectivity index (χ0v) is 11.2. The van der Waals surface area contributed by atoms with E-state index in [0.29, 0.717) is 26.3 Å². The van der Waals surface area contributed by atoms with Crippen molar-refractivity contribution in [1.82, 2.24) is 10.6 Å². The normalized spacial score (nSPS) is 10.4. The Morgan fingerprint density at radius 2 is 2.05 bits per heavy atom. The van der Waals surface area contributed by atoms with Gasteiger partial charge in [0, 0.05) is 26.3 Å². The Morgan fingerprint density at radius 3 is 2.74 bits per heavy atom. The Kier molecular flexibility index (Phi) is 7.77. The number of benzene rings is 1. The molecule has 0 unspecified atom stereocenters. The fourth-order valence-electron chi connectivity index (χ4n) is 1.53. The molecule has 1 amide bonds. The SMILES string of the molecule is CCOCCCNC(=O)CNCc1ccc(F)cc1. The van der Waals surface area contributed by atoms with Gasteiger partial charge < -0.3 is 15.4 Å². The van der Waals surface area contributed by atoms with E-state index in [9.17, 15) is 9.18 Å². The highest BCUT2D eigenvalue weighted by Gasteiger charge is 2.00. The molecule has 0 spiro atoms. The Hall–Kier alpha value is -1.46. The van der Waals surface area contributed by atoms with Gasteiger partial charge in [-0.3, -0.25) is 4.79 Å². The summed E-state index contributed by atoms with van der Waals surface area (Å²) in [6.07, 6.45) is 0.817. The standard InChI is InChI=1S/C14H21FN2O2/c1-2-19-9-3-8-17-14(18)11-16-10-12-4-6-13(15)7-5-12/h4-7,16H,2-3,8-11H2,1H3,(H,17,18). The molecule has 1 rings (SSSR count). The van der Waals surface area contributed by atoms with Crippen LogP contribution in [-0.4, -0.2) is 32.2 Å². The Bertz CT molecular complexity index is 368. The number of carbonyl (C=O) groups excluding carboxylic acids is 1. The highest BCUT2D eigenvalue weighted by molar-refractivity contribution is 5.77. The minimum absolute atomic E-state index is 0.0430. The summed E-state index contributed by atoms with van der Waals surface area (Å²) in [7, 11) is 0. The lowest BCUT2D eigenvalue weighted by molar-refractivity contribution is -0.120. The summed E-state index contributed by atoms with van der Waals surface area (Å²) in [6.45, 7) is 4.74. The van der Waals surface area contributed by atoms with Gasteiger partial charge in [-0.25, -0.2) is 4.39 Å². The van der Waals surface area contributed by atoms with E-state index in [4.69, 9.17) is 4.74 Å². The fraction of sp³-hybridized carbons (Fsp3) is 0.500. The summed E-state index contributed by atoms with van der Waals surface area (Å²) in [5, 5.41) is 5.80. The van der Waals surface area contributed by atoms with Crippen molar-refractivity contribution in [2.24, 2.45) is 0 Å². The number of amides is 1. The minimum atomic E-state index is -0.254. The van der Waals surface area contributed by atoms with Crippen molar-refractivity contribution in [3.63, 3.8) is 0 Å². The molecular weight excluding hydrogens is 247 g/mol. The smallest absolute Gasteiger partial charge is 0.233 e. The zero-order valence-electron chi connectivity index (χ0n) is 11.2. The quantitative estimate of drug-likeness (QED) is 0.667. The first-order valence-corrected chi connectivity index (χ1v) is 6.52. The molecule has 5 heteroatoms. The first kappa shape index (κ1) is 15.6. The maximum Gasteiger partial charge on any atom is 0.233 e. The molecule has 1 aromatic carbocycles. The van der Waals surface area contributed by atoms with Gasteiger partial charge in [0.2, 0.25) is 5.91 Å². The van der Waals surface area contributed by atoms with Crippen molar-refractivity contribution in [1.29, 1.82) is 0 Å². The van der Waals surface area contributed by atoms with E-state index in [-0.39, 0.29) is 18.3 Å². The molecule has 106 valence electrons. The first-order chi connectivity index (χ1) is 9.22. The third kappa shape index (κ3) is 7.54. The van der Waals surface area contributed by atoms with Crippen LogP contribution in [-0.2, 0) is 16.1 Å². The largest absolute Gasteiger partial charge is 0.382 e. The van der Waals surface area contributed by atoms with Crippen molar-refractivity contribution >= 4 is 5.91 Å². The average Bonchev–Trinajstić information content (AvgIpc) is 2.41. The van der Waals surface area contributed by atoms with Gasteiger partial charge in [0.15, 0.2) is 0 Å². The summed E-state index contributed by atoms with van der Waals surface area (Å²) in [6, 6.07) is 6.21. The lowest BCUT2D eigenvalue weighted by Gasteiger charge is -2.07. The van der Waals surface area contributed by atoms with Gasteiger partial charge in [-0.1, -0.05) is 12.1 Å². The minimum Gasteiger partial charge on any atom is -0.382 e. The van der Waals surface area contributed by atoms with Crippen molar-refractivity contribution in [3.8, 4) is 0 Å². The molecule has 1 aromatic rings. The van der Waals surface area contributed by atoms with Gasteiger partial charge in [0.25, 0.3) is 0 Å². The highest BCUT2D eigenvalue weighted by Crippen LogP contribution is 2.01. The molecule has 0 bridgehead atoms. The van der Waals surface area contributed by atoms with Gasteiger partial charge in [-0.15, -0.1) is 0 Å². The van der Waals surface area contributed by atoms with E-state index < -0.39 is 0 Å². The van der Waals surface area contributed by atoms with E-state index in [1.807, 2.05) is 6.92 Å². The number of halogens is 1. The molecular formula is C14H21FN2O2. The van der Waals surface area contributed by atoms with Crippen LogP contribution in [0.1, 0.15) is 18.9 Å². The van der Waals surface area contributed by atoms with Gasteiger partial charge in [0.05, 0.1) is 6.54 Å². The molecule has 19 heavy (non-hydrogen) atoms. The molecule has 4 nitrogen and oxygen atoms in total. The molecule has 0 aliphatic carbocycles. The molecule has 0 saturated carbocycles. The second-order valence-electron chi connectivity index (χ2n) is 4.13. The molecule has 2 N–H and O–H groups in total. The number of hydrogen-bond donors (Lipinski definition) is 2.